The Morgan fingerprint density at radius 2 is 1.93 bits per heavy atom. The van der Waals surface area contributed by atoms with Crippen molar-refractivity contribution in [3.8, 4) is 0 Å². The van der Waals surface area contributed by atoms with Gasteiger partial charge in [-0.2, -0.15) is 0 Å². The van der Waals surface area contributed by atoms with Crippen molar-refractivity contribution in [2.24, 2.45) is 0 Å². The van der Waals surface area contributed by atoms with Crippen molar-refractivity contribution in [3.63, 3.8) is 0 Å². The first kappa shape index (κ1) is 19.2. The van der Waals surface area contributed by atoms with Gasteiger partial charge in [-0.05, 0) is 43.5 Å². The third-order valence-corrected chi connectivity index (χ3v) is 5.33. The molecule has 0 atom stereocenters. The summed E-state index contributed by atoms with van der Waals surface area (Å²) in [7, 11) is 0. The van der Waals surface area contributed by atoms with Crippen LogP contribution in [0.1, 0.15) is 41.3 Å². The number of nitrogens with zero attached hydrogens (tertiary/aromatic N) is 3. The highest BCUT2D eigenvalue weighted by atomic mass is 16.2. The van der Waals surface area contributed by atoms with Crippen molar-refractivity contribution in [3.05, 3.63) is 53.3 Å². The van der Waals surface area contributed by atoms with E-state index in [1.54, 1.807) is 12.4 Å². The van der Waals surface area contributed by atoms with Crippen LogP contribution in [0.3, 0.4) is 0 Å². The molecule has 1 saturated heterocycles. The van der Waals surface area contributed by atoms with E-state index in [4.69, 9.17) is 0 Å². The average molecular weight is 367 g/mol. The molecule has 1 N–H and O–H groups in total. The first-order valence-corrected chi connectivity index (χ1v) is 9.89. The Morgan fingerprint density at radius 3 is 2.67 bits per heavy atom. The van der Waals surface area contributed by atoms with Gasteiger partial charge in [0.15, 0.2) is 0 Å². The van der Waals surface area contributed by atoms with Gasteiger partial charge in [-0.3, -0.25) is 9.78 Å². The van der Waals surface area contributed by atoms with Crippen LogP contribution in [-0.4, -0.2) is 48.5 Å². The van der Waals surface area contributed by atoms with Crippen LogP contribution in [0.15, 0.2) is 36.7 Å². The lowest BCUT2D eigenvalue weighted by Gasteiger charge is -2.37. The van der Waals surface area contributed by atoms with Crippen LogP contribution in [-0.2, 0) is 0 Å². The summed E-state index contributed by atoms with van der Waals surface area (Å²) in [5.74, 6) is 0.0715. The van der Waals surface area contributed by atoms with Gasteiger partial charge < -0.3 is 15.1 Å². The SMILES string of the molecule is CCCCNc1cncc(C(=O)N2CCN(c3cccc(C)c3C)CC2)c1. The van der Waals surface area contributed by atoms with Crippen molar-refractivity contribution in [2.75, 3.05) is 42.9 Å². The van der Waals surface area contributed by atoms with Crippen LogP contribution in [0.2, 0.25) is 0 Å². The summed E-state index contributed by atoms with van der Waals surface area (Å²) in [5.41, 5.74) is 5.50. The molecule has 5 heteroatoms. The van der Waals surface area contributed by atoms with Gasteiger partial charge in [-0.1, -0.05) is 25.5 Å². The zero-order valence-electron chi connectivity index (χ0n) is 16.7. The summed E-state index contributed by atoms with van der Waals surface area (Å²) >= 11 is 0. The van der Waals surface area contributed by atoms with Gasteiger partial charge in [0.05, 0.1) is 11.3 Å². The minimum atomic E-state index is 0.0715. The predicted molar refractivity (Wildman–Crippen MR) is 112 cm³/mol. The molecule has 0 spiro atoms. The molecular weight excluding hydrogens is 336 g/mol. The molecule has 1 aromatic heterocycles. The highest BCUT2D eigenvalue weighted by Crippen LogP contribution is 2.24. The van der Waals surface area contributed by atoms with Crippen LogP contribution >= 0.6 is 0 Å². The molecule has 0 aliphatic carbocycles. The van der Waals surface area contributed by atoms with E-state index < -0.39 is 0 Å². The molecule has 1 fully saturated rings. The van der Waals surface area contributed by atoms with Gasteiger partial charge in [-0.15, -0.1) is 0 Å². The normalized spacial score (nSPS) is 14.3. The number of piperazine rings is 1. The van der Waals surface area contributed by atoms with Gasteiger partial charge in [0.1, 0.15) is 0 Å². The lowest BCUT2D eigenvalue weighted by molar-refractivity contribution is 0.0746. The summed E-state index contributed by atoms with van der Waals surface area (Å²) in [5, 5.41) is 3.34. The maximum Gasteiger partial charge on any atom is 0.255 e. The van der Waals surface area contributed by atoms with Crippen molar-refractivity contribution >= 4 is 17.3 Å². The number of pyridine rings is 1. The monoisotopic (exact) mass is 366 g/mol. The number of carbonyl (C=O) groups is 1. The Labute approximate surface area is 162 Å². The average Bonchev–Trinajstić information content (AvgIpc) is 2.70. The van der Waals surface area contributed by atoms with Crippen LogP contribution in [0.4, 0.5) is 11.4 Å². The second kappa shape index (κ2) is 8.89. The fourth-order valence-electron chi connectivity index (χ4n) is 3.47. The molecule has 3 rings (SSSR count). The number of amides is 1. The minimum absolute atomic E-state index is 0.0715. The summed E-state index contributed by atoms with van der Waals surface area (Å²) in [4.78, 5) is 21.4. The predicted octanol–water partition coefficient (Wildman–Crippen LogP) is 3.87. The largest absolute Gasteiger partial charge is 0.384 e. The Bertz CT molecular complexity index is 782. The van der Waals surface area contributed by atoms with Gasteiger partial charge in [0.25, 0.3) is 5.91 Å². The van der Waals surface area contributed by atoms with Crippen molar-refractivity contribution in [2.45, 2.75) is 33.6 Å². The van der Waals surface area contributed by atoms with Gasteiger partial charge in [0, 0.05) is 50.8 Å². The van der Waals surface area contributed by atoms with E-state index >= 15 is 0 Å². The van der Waals surface area contributed by atoms with Crippen molar-refractivity contribution in [1.29, 1.82) is 0 Å². The van der Waals surface area contributed by atoms with Crippen molar-refractivity contribution in [1.82, 2.24) is 9.88 Å². The Kier molecular flexibility index (Phi) is 6.32. The number of hydrogen-bond acceptors (Lipinski definition) is 4. The second-order valence-electron chi connectivity index (χ2n) is 7.24. The molecule has 2 aromatic rings. The topological polar surface area (TPSA) is 48.5 Å². The molecule has 1 aliphatic heterocycles. The smallest absolute Gasteiger partial charge is 0.255 e. The summed E-state index contributed by atoms with van der Waals surface area (Å²) in [6.45, 7) is 10.6. The fourth-order valence-corrected chi connectivity index (χ4v) is 3.47. The van der Waals surface area contributed by atoms with E-state index in [2.05, 4.69) is 54.2 Å². The van der Waals surface area contributed by atoms with Crippen LogP contribution in [0, 0.1) is 13.8 Å². The molecular formula is C22H30N4O. The Hall–Kier alpha value is -2.56. The molecule has 1 amide bonds. The molecule has 1 aliphatic rings. The molecule has 0 unspecified atom stereocenters. The molecule has 0 radical (unpaired) electrons. The number of unbranched alkanes of at least 4 members (excludes halogenated alkanes) is 1. The molecule has 5 nitrogen and oxygen atoms in total. The van der Waals surface area contributed by atoms with Crippen LogP contribution < -0.4 is 10.2 Å². The van der Waals surface area contributed by atoms with E-state index in [0.717, 1.165) is 51.3 Å². The number of rotatable bonds is 6. The number of benzene rings is 1. The van der Waals surface area contributed by atoms with E-state index in [-0.39, 0.29) is 5.91 Å². The number of hydrogen-bond donors (Lipinski definition) is 1. The standard InChI is InChI=1S/C22H30N4O/c1-4-5-9-24-20-14-19(15-23-16-20)22(27)26-12-10-25(11-13-26)21-8-6-7-17(2)18(21)3/h6-8,14-16,24H,4-5,9-13H2,1-3H3. The number of nitrogens with one attached hydrogen (secondary N) is 1. The van der Waals surface area contributed by atoms with E-state index in [9.17, 15) is 4.79 Å². The lowest BCUT2D eigenvalue weighted by Crippen LogP contribution is -2.49. The van der Waals surface area contributed by atoms with E-state index in [0.29, 0.717) is 5.56 Å². The first-order valence-electron chi connectivity index (χ1n) is 9.89. The molecule has 2 heterocycles. The Morgan fingerprint density at radius 1 is 1.15 bits per heavy atom. The van der Waals surface area contributed by atoms with Crippen molar-refractivity contribution < 1.29 is 4.79 Å². The maximum absolute atomic E-state index is 12.9. The number of aryl methyl sites for hydroxylation is 1. The molecule has 27 heavy (non-hydrogen) atoms. The van der Waals surface area contributed by atoms with Crippen LogP contribution in [0.25, 0.3) is 0 Å². The molecule has 1 aromatic carbocycles. The zero-order chi connectivity index (χ0) is 19.2. The van der Waals surface area contributed by atoms with Gasteiger partial charge in [0.2, 0.25) is 0 Å². The molecule has 0 saturated carbocycles. The summed E-state index contributed by atoms with van der Waals surface area (Å²) in [6, 6.07) is 8.35. The summed E-state index contributed by atoms with van der Waals surface area (Å²) < 4.78 is 0. The lowest BCUT2D eigenvalue weighted by atomic mass is 10.1. The Balaban J connectivity index is 1.61. The third kappa shape index (κ3) is 4.59. The van der Waals surface area contributed by atoms with E-state index in [1.165, 1.54) is 16.8 Å². The zero-order valence-corrected chi connectivity index (χ0v) is 16.7. The van der Waals surface area contributed by atoms with E-state index in [1.807, 2.05) is 11.0 Å². The quantitative estimate of drug-likeness (QED) is 0.789. The second-order valence-corrected chi connectivity index (χ2v) is 7.24. The first-order chi connectivity index (χ1) is 13.1. The number of anilines is 2. The number of carbonyl (C=O) groups excluding carboxylic acids is 1. The highest BCUT2D eigenvalue weighted by molar-refractivity contribution is 5.95. The van der Waals surface area contributed by atoms with Gasteiger partial charge in [-0.25, -0.2) is 0 Å². The fraction of sp³-hybridized carbons (Fsp3) is 0.455. The maximum atomic E-state index is 12.9. The number of aromatic nitrogens is 1. The third-order valence-electron chi connectivity index (χ3n) is 5.33. The van der Waals surface area contributed by atoms with Gasteiger partial charge >= 0.3 is 0 Å². The molecule has 144 valence electrons. The summed E-state index contributed by atoms with van der Waals surface area (Å²) in [6.07, 6.45) is 5.71. The minimum Gasteiger partial charge on any atom is -0.384 e. The van der Waals surface area contributed by atoms with Crippen LogP contribution in [0.5, 0.6) is 0 Å². The highest BCUT2D eigenvalue weighted by Gasteiger charge is 2.23. The molecule has 0 bridgehead atoms.